The lowest BCUT2D eigenvalue weighted by atomic mass is 9.97. The Morgan fingerprint density at radius 2 is 1.62 bits per heavy atom. The fourth-order valence-electron chi connectivity index (χ4n) is 2.92. The van der Waals surface area contributed by atoms with Gasteiger partial charge in [-0.25, -0.2) is 0 Å². The van der Waals surface area contributed by atoms with Gasteiger partial charge in [0.15, 0.2) is 0 Å². The number of anilines is 1. The summed E-state index contributed by atoms with van der Waals surface area (Å²) in [6.07, 6.45) is 5.79. The quantitative estimate of drug-likeness (QED) is 0.478. The van der Waals surface area contributed by atoms with Crippen molar-refractivity contribution in [2.45, 2.75) is 85.7 Å². The van der Waals surface area contributed by atoms with Gasteiger partial charge in [-0.05, 0) is 63.3 Å². The minimum atomic E-state index is -0.788. The molecule has 1 amide bonds. The van der Waals surface area contributed by atoms with E-state index in [1.54, 1.807) is 0 Å². The summed E-state index contributed by atoms with van der Waals surface area (Å²) in [6, 6.07) is 3.96. The van der Waals surface area contributed by atoms with Crippen LogP contribution in [0.4, 0.5) is 5.69 Å². The lowest BCUT2D eigenvalue weighted by molar-refractivity contribution is -0.140. The van der Waals surface area contributed by atoms with Crippen molar-refractivity contribution in [3.8, 4) is 5.75 Å². The molecule has 0 fully saturated rings. The van der Waals surface area contributed by atoms with E-state index in [1.807, 2.05) is 32.9 Å². The van der Waals surface area contributed by atoms with Gasteiger partial charge in [0.1, 0.15) is 11.4 Å². The molecule has 1 N–H and O–H groups in total. The van der Waals surface area contributed by atoms with Crippen LogP contribution in [0.5, 0.6) is 5.75 Å². The molecule has 1 atom stereocenters. The van der Waals surface area contributed by atoms with Crippen LogP contribution in [-0.4, -0.2) is 24.7 Å². The SMILES string of the molecule is CCCCOc1c(C)cc(NC(=O)[C@@](C)(CCCC)OCCC)cc1C. The van der Waals surface area contributed by atoms with Gasteiger partial charge in [0.2, 0.25) is 0 Å². The van der Waals surface area contributed by atoms with Crippen molar-refractivity contribution >= 4 is 11.6 Å². The maximum Gasteiger partial charge on any atom is 0.256 e. The van der Waals surface area contributed by atoms with Gasteiger partial charge in [-0.3, -0.25) is 4.79 Å². The number of benzene rings is 1. The number of hydrogen-bond acceptors (Lipinski definition) is 3. The van der Waals surface area contributed by atoms with Crippen molar-refractivity contribution in [3.63, 3.8) is 0 Å². The van der Waals surface area contributed by atoms with E-state index >= 15 is 0 Å². The van der Waals surface area contributed by atoms with Gasteiger partial charge in [-0.1, -0.05) is 40.0 Å². The summed E-state index contributed by atoms with van der Waals surface area (Å²) in [5.41, 5.74) is 2.10. The Hall–Kier alpha value is -1.55. The first-order chi connectivity index (χ1) is 12.4. The molecule has 0 unspecified atom stereocenters. The zero-order chi connectivity index (χ0) is 19.6. The summed E-state index contributed by atoms with van der Waals surface area (Å²) in [5.74, 6) is 0.852. The Kier molecular flexibility index (Phi) is 9.71. The Labute approximate surface area is 159 Å². The van der Waals surface area contributed by atoms with Gasteiger partial charge in [-0.15, -0.1) is 0 Å². The zero-order valence-corrected chi connectivity index (χ0v) is 17.5. The van der Waals surface area contributed by atoms with Crippen LogP contribution in [0.15, 0.2) is 12.1 Å². The molecule has 0 spiro atoms. The first-order valence-electron chi connectivity index (χ1n) is 10.1. The van der Waals surface area contributed by atoms with E-state index in [0.717, 1.165) is 67.7 Å². The van der Waals surface area contributed by atoms with E-state index in [1.165, 1.54) is 0 Å². The highest BCUT2D eigenvalue weighted by molar-refractivity contribution is 5.97. The maximum absolute atomic E-state index is 12.9. The van der Waals surface area contributed by atoms with E-state index < -0.39 is 5.60 Å². The van der Waals surface area contributed by atoms with Crippen LogP contribution >= 0.6 is 0 Å². The molecular weight excluding hydrogens is 326 g/mol. The molecule has 4 heteroatoms. The summed E-state index contributed by atoms with van der Waals surface area (Å²) in [6.45, 7) is 13.6. The summed E-state index contributed by atoms with van der Waals surface area (Å²) < 4.78 is 11.8. The first kappa shape index (κ1) is 22.5. The van der Waals surface area contributed by atoms with Gasteiger partial charge in [0.05, 0.1) is 6.61 Å². The molecular formula is C22H37NO3. The predicted molar refractivity (Wildman–Crippen MR) is 109 cm³/mol. The molecule has 0 aliphatic rings. The lowest BCUT2D eigenvalue weighted by Crippen LogP contribution is -2.43. The normalized spacial score (nSPS) is 13.3. The lowest BCUT2D eigenvalue weighted by Gasteiger charge is -2.29. The number of hydrogen-bond donors (Lipinski definition) is 1. The van der Waals surface area contributed by atoms with E-state index in [2.05, 4.69) is 26.1 Å². The standard InChI is InChI=1S/C22H37NO3/c1-7-10-12-22(6,26-13-9-3)21(24)23-19-15-17(4)20(18(5)16-19)25-14-11-8-2/h15-16H,7-14H2,1-6H3,(H,23,24)/t22-/m1/s1. The second-order valence-electron chi connectivity index (χ2n) is 7.28. The molecule has 0 saturated heterocycles. The third kappa shape index (κ3) is 6.64. The molecule has 4 nitrogen and oxygen atoms in total. The second-order valence-corrected chi connectivity index (χ2v) is 7.28. The number of nitrogens with one attached hydrogen (secondary N) is 1. The zero-order valence-electron chi connectivity index (χ0n) is 17.5. The maximum atomic E-state index is 12.9. The summed E-state index contributed by atoms with van der Waals surface area (Å²) in [5, 5.41) is 3.06. The Morgan fingerprint density at radius 1 is 1.00 bits per heavy atom. The smallest absolute Gasteiger partial charge is 0.256 e. The molecule has 0 aliphatic carbocycles. The van der Waals surface area contributed by atoms with Crippen LogP contribution in [0.1, 0.15) is 77.3 Å². The predicted octanol–water partition coefficient (Wildman–Crippen LogP) is 5.80. The third-order valence-electron chi connectivity index (χ3n) is 4.57. The molecule has 26 heavy (non-hydrogen) atoms. The van der Waals surface area contributed by atoms with Gasteiger partial charge >= 0.3 is 0 Å². The van der Waals surface area contributed by atoms with Crippen molar-refractivity contribution in [2.24, 2.45) is 0 Å². The van der Waals surface area contributed by atoms with E-state index in [4.69, 9.17) is 9.47 Å². The minimum Gasteiger partial charge on any atom is -0.493 e. The van der Waals surface area contributed by atoms with Gasteiger partial charge in [-0.2, -0.15) is 0 Å². The topological polar surface area (TPSA) is 47.6 Å². The van der Waals surface area contributed by atoms with Crippen molar-refractivity contribution in [2.75, 3.05) is 18.5 Å². The van der Waals surface area contributed by atoms with Gasteiger partial charge < -0.3 is 14.8 Å². The Bertz CT molecular complexity index is 538. The minimum absolute atomic E-state index is 0.0714. The summed E-state index contributed by atoms with van der Waals surface area (Å²) in [4.78, 5) is 12.9. The van der Waals surface area contributed by atoms with E-state index in [-0.39, 0.29) is 5.91 Å². The number of amides is 1. The Balaban J connectivity index is 2.89. The highest BCUT2D eigenvalue weighted by atomic mass is 16.5. The number of carbonyl (C=O) groups is 1. The van der Waals surface area contributed by atoms with Gasteiger partial charge in [0.25, 0.3) is 5.91 Å². The molecule has 0 saturated carbocycles. The van der Waals surface area contributed by atoms with Crippen LogP contribution < -0.4 is 10.1 Å². The fraction of sp³-hybridized carbons (Fsp3) is 0.682. The van der Waals surface area contributed by atoms with Crippen molar-refractivity contribution in [1.82, 2.24) is 0 Å². The molecule has 1 rings (SSSR count). The highest BCUT2D eigenvalue weighted by Gasteiger charge is 2.33. The summed E-state index contributed by atoms with van der Waals surface area (Å²) in [7, 11) is 0. The number of rotatable bonds is 12. The molecule has 0 bridgehead atoms. The largest absolute Gasteiger partial charge is 0.493 e. The highest BCUT2D eigenvalue weighted by Crippen LogP contribution is 2.29. The number of carbonyl (C=O) groups excluding carboxylic acids is 1. The first-order valence-corrected chi connectivity index (χ1v) is 10.1. The molecule has 148 valence electrons. The molecule has 0 radical (unpaired) electrons. The molecule has 1 aromatic rings. The number of aryl methyl sites for hydroxylation is 2. The van der Waals surface area contributed by atoms with Crippen molar-refractivity contribution < 1.29 is 14.3 Å². The van der Waals surface area contributed by atoms with Crippen LogP contribution in [0.3, 0.4) is 0 Å². The molecule has 0 aromatic heterocycles. The van der Waals surface area contributed by atoms with Crippen molar-refractivity contribution in [3.05, 3.63) is 23.3 Å². The summed E-state index contributed by atoms with van der Waals surface area (Å²) >= 11 is 0. The second kappa shape index (κ2) is 11.2. The Morgan fingerprint density at radius 3 is 2.15 bits per heavy atom. The van der Waals surface area contributed by atoms with Crippen LogP contribution in [0.25, 0.3) is 0 Å². The van der Waals surface area contributed by atoms with E-state index in [0.29, 0.717) is 6.61 Å². The molecule has 1 aromatic carbocycles. The molecule has 0 aliphatic heterocycles. The monoisotopic (exact) mass is 363 g/mol. The van der Waals surface area contributed by atoms with Crippen LogP contribution in [-0.2, 0) is 9.53 Å². The van der Waals surface area contributed by atoms with Crippen molar-refractivity contribution in [1.29, 1.82) is 0 Å². The third-order valence-corrected chi connectivity index (χ3v) is 4.57. The fourth-order valence-corrected chi connectivity index (χ4v) is 2.92. The van der Waals surface area contributed by atoms with Gasteiger partial charge in [0, 0.05) is 12.3 Å². The number of unbranched alkanes of at least 4 members (excludes halogenated alkanes) is 2. The number of ether oxygens (including phenoxy) is 2. The molecule has 0 heterocycles. The average molecular weight is 364 g/mol. The average Bonchev–Trinajstić information content (AvgIpc) is 2.60. The van der Waals surface area contributed by atoms with E-state index in [9.17, 15) is 4.79 Å². The van der Waals surface area contributed by atoms with Crippen LogP contribution in [0, 0.1) is 13.8 Å². The van der Waals surface area contributed by atoms with Crippen LogP contribution in [0.2, 0.25) is 0 Å².